The summed E-state index contributed by atoms with van der Waals surface area (Å²) in [6, 6.07) is 16.4. The van der Waals surface area contributed by atoms with Crippen molar-refractivity contribution in [3.8, 4) is 11.1 Å². The molecular formula is C23H31N7O2. The average Bonchev–Trinajstić information content (AvgIpc) is 3.38. The first-order valence-corrected chi connectivity index (χ1v) is 10.6. The summed E-state index contributed by atoms with van der Waals surface area (Å²) >= 11 is 0. The molecule has 9 nitrogen and oxygen atoms in total. The molecule has 9 heteroatoms. The van der Waals surface area contributed by atoms with Gasteiger partial charge in [0.05, 0.1) is 6.54 Å². The van der Waals surface area contributed by atoms with Crippen LogP contribution in [0.25, 0.3) is 11.1 Å². The van der Waals surface area contributed by atoms with Crippen LogP contribution < -0.4 is 16.5 Å². The van der Waals surface area contributed by atoms with Crippen LogP contribution in [0.5, 0.6) is 0 Å². The van der Waals surface area contributed by atoms with Crippen LogP contribution in [-0.4, -0.2) is 44.0 Å². The second kappa shape index (κ2) is 11.9. The fraction of sp³-hybridized carbons (Fsp3) is 0.348. The first kappa shape index (κ1) is 23.4. The van der Waals surface area contributed by atoms with Gasteiger partial charge in [0.25, 0.3) is 6.41 Å². The SMILES string of the molecule is C=N/C(CCCC)=N\N(Cc1ccc(-c2ccccc2C2=NNNN2)cc1)C(OC)OC. The van der Waals surface area contributed by atoms with Crippen LogP contribution in [0.4, 0.5) is 0 Å². The standard InChI is InChI=1S/C23H31N7O2/c1-5-6-11-21(24-2)27-30(23(31-3)32-4)16-17-12-14-18(15-13-17)19-9-7-8-10-20(19)22-25-28-29-26-22/h7-10,12-15,23,28-29H,2,5-6,11,16H2,1,3-4H3,(H,25,26)/b27-21-. The molecule has 0 radical (unpaired) electrons. The number of hydrogen-bond donors (Lipinski definition) is 3. The van der Waals surface area contributed by atoms with E-state index in [0.29, 0.717) is 12.4 Å². The van der Waals surface area contributed by atoms with Gasteiger partial charge in [0.1, 0.15) is 5.84 Å². The number of rotatable bonds is 11. The average molecular weight is 438 g/mol. The Bertz CT molecular complexity index is 940. The topological polar surface area (TPSA) is 94.9 Å². The normalized spacial score (nSPS) is 13.5. The fourth-order valence-electron chi connectivity index (χ4n) is 3.39. The summed E-state index contributed by atoms with van der Waals surface area (Å²) in [7, 11) is 3.18. The Kier molecular flexibility index (Phi) is 8.73. The van der Waals surface area contributed by atoms with Gasteiger partial charge in [-0.2, -0.15) is 5.10 Å². The number of aliphatic imine (C=N–C) groups is 1. The van der Waals surface area contributed by atoms with E-state index in [-0.39, 0.29) is 0 Å². The van der Waals surface area contributed by atoms with E-state index >= 15 is 0 Å². The summed E-state index contributed by atoms with van der Waals surface area (Å²) in [5.74, 6) is 1.41. The van der Waals surface area contributed by atoms with E-state index in [9.17, 15) is 0 Å². The Hall–Kier alpha value is -3.27. The molecule has 1 heterocycles. The van der Waals surface area contributed by atoms with Crippen LogP contribution in [0.3, 0.4) is 0 Å². The summed E-state index contributed by atoms with van der Waals surface area (Å²) < 4.78 is 10.9. The molecule has 0 atom stereocenters. The van der Waals surface area contributed by atoms with E-state index in [0.717, 1.165) is 47.4 Å². The molecule has 2 aromatic rings. The van der Waals surface area contributed by atoms with E-state index in [1.54, 1.807) is 19.2 Å². The van der Waals surface area contributed by atoms with Gasteiger partial charge in [0.15, 0.2) is 5.84 Å². The number of methoxy groups -OCH3 is 2. The number of hydrogen-bond acceptors (Lipinski definition) is 8. The van der Waals surface area contributed by atoms with Crippen LogP contribution >= 0.6 is 0 Å². The molecule has 0 amide bonds. The number of ether oxygens (including phenoxy) is 2. The van der Waals surface area contributed by atoms with Crippen molar-refractivity contribution in [3.05, 3.63) is 59.7 Å². The minimum Gasteiger partial charge on any atom is -0.338 e. The van der Waals surface area contributed by atoms with Gasteiger partial charge in [0, 0.05) is 26.2 Å². The molecule has 0 fully saturated rings. The lowest BCUT2D eigenvalue weighted by atomic mass is 9.98. The van der Waals surface area contributed by atoms with Gasteiger partial charge in [-0.15, -0.1) is 10.6 Å². The number of nitrogens with zero attached hydrogens (tertiary/aromatic N) is 4. The van der Waals surface area contributed by atoms with Crippen LogP contribution in [0.2, 0.25) is 0 Å². The Morgan fingerprint density at radius 1 is 1.09 bits per heavy atom. The summed E-state index contributed by atoms with van der Waals surface area (Å²) in [5.41, 5.74) is 12.7. The molecule has 32 heavy (non-hydrogen) atoms. The first-order valence-electron chi connectivity index (χ1n) is 10.6. The highest BCUT2D eigenvalue weighted by atomic mass is 16.7. The van der Waals surface area contributed by atoms with Crippen LogP contribution in [0.1, 0.15) is 37.3 Å². The summed E-state index contributed by atoms with van der Waals surface area (Å²) in [4.78, 5) is 4.08. The molecule has 0 saturated heterocycles. The fourth-order valence-corrected chi connectivity index (χ4v) is 3.39. The maximum absolute atomic E-state index is 5.45. The highest BCUT2D eigenvalue weighted by Gasteiger charge is 2.18. The number of unbranched alkanes of at least 4 members (excludes halogenated alkanes) is 1. The maximum Gasteiger partial charge on any atom is 0.255 e. The lowest BCUT2D eigenvalue weighted by molar-refractivity contribution is -0.199. The highest BCUT2D eigenvalue weighted by molar-refractivity contribution is 6.04. The van der Waals surface area contributed by atoms with Crippen molar-refractivity contribution in [1.82, 2.24) is 21.5 Å². The van der Waals surface area contributed by atoms with Crippen molar-refractivity contribution >= 4 is 18.4 Å². The summed E-state index contributed by atoms with van der Waals surface area (Å²) in [6.07, 6.45) is 2.19. The molecule has 1 aliphatic heterocycles. The van der Waals surface area contributed by atoms with Gasteiger partial charge < -0.3 is 9.47 Å². The number of benzene rings is 2. The summed E-state index contributed by atoms with van der Waals surface area (Å²) in [5, 5.41) is 10.6. The second-order valence-electron chi connectivity index (χ2n) is 7.22. The number of amidine groups is 2. The molecule has 1 aliphatic rings. The lowest BCUT2D eigenvalue weighted by Crippen LogP contribution is -2.35. The predicted molar refractivity (Wildman–Crippen MR) is 128 cm³/mol. The molecule has 0 bridgehead atoms. The van der Waals surface area contributed by atoms with Crippen molar-refractivity contribution in [2.45, 2.75) is 39.1 Å². The van der Waals surface area contributed by atoms with E-state index in [1.807, 2.05) is 18.2 Å². The highest BCUT2D eigenvalue weighted by Crippen LogP contribution is 2.25. The van der Waals surface area contributed by atoms with Gasteiger partial charge in [-0.3, -0.25) is 5.43 Å². The van der Waals surface area contributed by atoms with Crippen molar-refractivity contribution < 1.29 is 9.47 Å². The largest absolute Gasteiger partial charge is 0.338 e. The third kappa shape index (κ3) is 5.91. The van der Waals surface area contributed by atoms with Crippen LogP contribution in [0, 0.1) is 0 Å². The third-order valence-corrected chi connectivity index (χ3v) is 5.02. The number of hydrazine groups is 2. The van der Waals surface area contributed by atoms with E-state index in [4.69, 9.17) is 9.47 Å². The minimum atomic E-state index is -0.625. The van der Waals surface area contributed by atoms with E-state index in [1.165, 1.54) is 0 Å². The van der Waals surface area contributed by atoms with Crippen molar-refractivity contribution in [2.75, 3.05) is 14.2 Å². The molecule has 170 valence electrons. The number of nitrogens with one attached hydrogen (secondary N) is 3. The Morgan fingerprint density at radius 2 is 1.81 bits per heavy atom. The Labute approximate surface area is 189 Å². The molecule has 3 N–H and O–H groups in total. The quantitative estimate of drug-likeness (QED) is 0.216. The Morgan fingerprint density at radius 3 is 2.41 bits per heavy atom. The molecule has 3 rings (SSSR count). The zero-order valence-corrected chi connectivity index (χ0v) is 18.8. The van der Waals surface area contributed by atoms with Crippen LogP contribution in [0.15, 0.2) is 63.7 Å². The molecule has 0 saturated carbocycles. The van der Waals surface area contributed by atoms with Gasteiger partial charge >= 0.3 is 0 Å². The van der Waals surface area contributed by atoms with Gasteiger partial charge in [0.2, 0.25) is 0 Å². The number of hydrazone groups is 2. The maximum atomic E-state index is 5.45. The zero-order valence-electron chi connectivity index (χ0n) is 18.8. The molecule has 0 aromatic heterocycles. The molecule has 0 aliphatic carbocycles. The third-order valence-electron chi connectivity index (χ3n) is 5.02. The smallest absolute Gasteiger partial charge is 0.255 e. The van der Waals surface area contributed by atoms with Crippen LogP contribution in [-0.2, 0) is 16.0 Å². The minimum absolute atomic E-state index is 0.502. The molecule has 2 aromatic carbocycles. The zero-order chi connectivity index (χ0) is 22.8. The van der Waals surface area contributed by atoms with Gasteiger partial charge in [-0.25, -0.2) is 15.5 Å². The molecule has 0 spiro atoms. The first-order chi connectivity index (χ1) is 15.7. The van der Waals surface area contributed by atoms with Crippen molar-refractivity contribution in [1.29, 1.82) is 0 Å². The van der Waals surface area contributed by atoms with Crippen molar-refractivity contribution in [2.24, 2.45) is 15.2 Å². The molecular weight excluding hydrogens is 406 g/mol. The van der Waals surface area contributed by atoms with E-state index < -0.39 is 6.41 Å². The predicted octanol–water partition coefficient (Wildman–Crippen LogP) is 3.21. The van der Waals surface area contributed by atoms with Crippen molar-refractivity contribution in [3.63, 3.8) is 0 Å². The monoisotopic (exact) mass is 437 g/mol. The lowest BCUT2D eigenvalue weighted by Gasteiger charge is -2.27. The second-order valence-corrected chi connectivity index (χ2v) is 7.22. The van der Waals surface area contributed by atoms with E-state index in [2.05, 4.69) is 75.7 Å². The Balaban J connectivity index is 1.82. The summed E-state index contributed by atoms with van der Waals surface area (Å²) in [6.45, 7) is 6.29. The molecule has 0 unspecified atom stereocenters. The van der Waals surface area contributed by atoms with Gasteiger partial charge in [-0.1, -0.05) is 61.9 Å². The van der Waals surface area contributed by atoms with Gasteiger partial charge in [-0.05, 0) is 29.8 Å².